The molecule has 2 amide bonds. The Hall–Kier alpha value is -3.38. The quantitative estimate of drug-likeness (QED) is 0.618. The fourth-order valence-corrected chi connectivity index (χ4v) is 4.09. The number of aliphatic hydroxyl groups excluding tert-OH is 1. The zero-order valence-corrected chi connectivity index (χ0v) is 17.7. The van der Waals surface area contributed by atoms with Gasteiger partial charge >= 0.3 is 6.18 Å². The average Bonchev–Trinajstić information content (AvgIpc) is 3.39. The zero-order valence-electron chi connectivity index (χ0n) is 16.9. The molecule has 1 atom stereocenters. The number of fused-ring (bicyclic) bond motifs is 1. The van der Waals surface area contributed by atoms with E-state index in [9.17, 15) is 27.9 Å². The third kappa shape index (κ3) is 3.82. The summed E-state index contributed by atoms with van der Waals surface area (Å²) in [5.41, 5.74) is 1.92. The van der Waals surface area contributed by atoms with Crippen LogP contribution in [-0.2, 0) is 17.5 Å². The lowest BCUT2D eigenvalue weighted by molar-refractivity contribution is -0.147. The smallest absolute Gasteiger partial charge is 0.356 e. The van der Waals surface area contributed by atoms with Crippen LogP contribution < -0.4 is 10.2 Å². The molecule has 3 heterocycles. The highest BCUT2D eigenvalue weighted by atomic mass is 32.1. The predicted molar refractivity (Wildman–Crippen MR) is 112 cm³/mol. The first-order chi connectivity index (χ1) is 15.1. The van der Waals surface area contributed by atoms with Crippen LogP contribution in [0.4, 0.5) is 24.7 Å². The molecule has 0 bridgehead atoms. The Morgan fingerprint density at radius 1 is 1.16 bits per heavy atom. The van der Waals surface area contributed by atoms with Crippen molar-refractivity contribution < 1.29 is 27.9 Å². The Morgan fingerprint density at radius 3 is 2.44 bits per heavy atom. The SMILES string of the molecule is CN1C(=O)c2c(nc(C(F)(F)F)n2CC(=O)Nc2ccc(-c3ccsc3)cc2)N(C)C1O. The first kappa shape index (κ1) is 21.8. The summed E-state index contributed by atoms with van der Waals surface area (Å²) in [4.78, 5) is 30.6. The molecule has 0 aliphatic carbocycles. The number of nitrogens with zero attached hydrogens (tertiary/aromatic N) is 4. The summed E-state index contributed by atoms with van der Waals surface area (Å²) in [6.45, 7) is -0.785. The summed E-state index contributed by atoms with van der Waals surface area (Å²) in [6, 6.07) is 8.80. The van der Waals surface area contributed by atoms with Gasteiger partial charge in [-0.05, 0) is 40.1 Å². The summed E-state index contributed by atoms with van der Waals surface area (Å²) in [7, 11) is 2.55. The molecule has 1 aliphatic rings. The van der Waals surface area contributed by atoms with Crippen molar-refractivity contribution in [2.24, 2.45) is 0 Å². The molecule has 0 fully saturated rings. The number of benzene rings is 1. The van der Waals surface area contributed by atoms with Gasteiger partial charge in [0.05, 0.1) is 0 Å². The molecule has 0 spiro atoms. The molecule has 2 aromatic heterocycles. The van der Waals surface area contributed by atoms with Gasteiger partial charge in [0, 0.05) is 19.8 Å². The van der Waals surface area contributed by atoms with Gasteiger partial charge in [-0.15, -0.1) is 0 Å². The second-order valence-electron chi connectivity index (χ2n) is 7.20. The minimum Gasteiger partial charge on any atom is -0.356 e. The van der Waals surface area contributed by atoms with Crippen LogP contribution in [0.15, 0.2) is 41.1 Å². The molecule has 3 aromatic rings. The number of aromatic nitrogens is 2. The maximum Gasteiger partial charge on any atom is 0.449 e. The number of nitrogens with one attached hydrogen (secondary N) is 1. The Bertz CT molecular complexity index is 1160. The van der Waals surface area contributed by atoms with Gasteiger partial charge in [0.2, 0.25) is 18.1 Å². The lowest BCUT2D eigenvalue weighted by Crippen LogP contribution is -2.52. The lowest BCUT2D eigenvalue weighted by Gasteiger charge is -2.36. The molecule has 168 valence electrons. The topological polar surface area (TPSA) is 90.7 Å². The lowest BCUT2D eigenvalue weighted by atomic mass is 10.1. The molecule has 1 unspecified atom stereocenters. The Balaban J connectivity index is 1.62. The second kappa shape index (κ2) is 7.95. The van der Waals surface area contributed by atoms with Crippen LogP contribution in [-0.4, -0.2) is 51.8 Å². The van der Waals surface area contributed by atoms with Crippen molar-refractivity contribution in [2.45, 2.75) is 19.1 Å². The minimum atomic E-state index is -4.91. The number of halogens is 3. The fourth-order valence-electron chi connectivity index (χ4n) is 3.43. The number of aliphatic hydroxyl groups is 1. The van der Waals surface area contributed by atoms with Gasteiger partial charge in [-0.3, -0.25) is 14.5 Å². The standard InChI is InChI=1S/C20H18F3N5O3S/c1-26-16-15(17(30)27(2)19(26)31)28(18(25-16)20(21,22)23)9-14(29)24-13-5-3-11(4-6-13)12-7-8-32-10-12/h3-8,10,19,31H,9H2,1-2H3,(H,24,29). The van der Waals surface area contributed by atoms with E-state index in [1.54, 1.807) is 35.6 Å². The van der Waals surface area contributed by atoms with Crippen LogP contribution in [0, 0.1) is 0 Å². The van der Waals surface area contributed by atoms with E-state index in [0.717, 1.165) is 20.9 Å². The van der Waals surface area contributed by atoms with Gasteiger partial charge in [-0.1, -0.05) is 12.1 Å². The number of carbonyl (C=O) groups is 2. The second-order valence-corrected chi connectivity index (χ2v) is 7.98. The number of hydrogen-bond donors (Lipinski definition) is 2. The number of alkyl halides is 3. The monoisotopic (exact) mass is 465 g/mol. The van der Waals surface area contributed by atoms with Crippen molar-refractivity contribution in [1.29, 1.82) is 0 Å². The van der Waals surface area contributed by atoms with Gasteiger partial charge in [0.15, 0.2) is 11.5 Å². The molecule has 0 saturated heterocycles. The Morgan fingerprint density at radius 2 is 1.84 bits per heavy atom. The van der Waals surface area contributed by atoms with E-state index in [1.807, 2.05) is 16.8 Å². The summed E-state index contributed by atoms with van der Waals surface area (Å²) in [5, 5.41) is 16.5. The van der Waals surface area contributed by atoms with Gasteiger partial charge < -0.3 is 19.9 Å². The van der Waals surface area contributed by atoms with Gasteiger partial charge in [0.25, 0.3) is 5.91 Å². The first-order valence-electron chi connectivity index (χ1n) is 9.36. The molecule has 12 heteroatoms. The van der Waals surface area contributed by atoms with Crippen molar-refractivity contribution in [3.63, 3.8) is 0 Å². The van der Waals surface area contributed by atoms with E-state index in [-0.39, 0.29) is 5.82 Å². The molecular weight excluding hydrogens is 447 g/mol. The Kier molecular flexibility index (Phi) is 5.42. The van der Waals surface area contributed by atoms with E-state index in [2.05, 4.69) is 10.3 Å². The normalized spacial score (nSPS) is 16.3. The highest BCUT2D eigenvalue weighted by Crippen LogP contribution is 2.36. The molecule has 1 aliphatic heterocycles. The van der Waals surface area contributed by atoms with Crippen LogP contribution in [0.1, 0.15) is 16.3 Å². The van der Waals surface area contributed by atoms with E-state index in [1.165, 1.54) is 14.1 Å². The number of imidazole rings is 1. The van der Waals surface area contributed by atoms with Crippen LogP contribution in [0.25, 0.3) is 11.1 Å². The molecule has 4 rings (SSSR count). The number of carbonyl (C=O) groups excluding carboxylic acids is 2. The van der Waals surface area contributed by atoms with Crippen LogP contribution in [0.5, 0.6) is 0 Å². The average molecular weight is 465 g/mol. The predicted octanol–water partition coefficient (Wildman–Crippen LogP) is 3.07. The maximum atomic E-state index is 13.6. The minimum absolute atomic E-state index is 0.346. The van der Waals surface area contributed by atoms with Crippen LogP contribution >= 0.6 is 11.3 Å². The number of amides is 2. The van der Waals surface area contributed by atoms with E-state index < -0.39 is 42.4 Å². The molecule has 0 radical (unpaired) electrons. The van der Waals surface area contributed by atoms with Gasteiger partial charge in [-0.2, -0.15) is 24.5 Å². The molecule has 8 nitrogen and oxygen atoms in total. The number of thiophene rings is 1. The van der Waals surface area contributed by atoms with E-state index >= 15 is 0 Å². The number of anilines is 2. The van der Waals surface area contributed by atoms with Crippen molar-refractivity contribution in [2.75, 3.05) is 24.3 Å². The summed E-state index contributed by atoms with van der Waals surface area (Å²) < 4.78 is 41.4. The molecular formula is C20H18F3N5O3S. The highest BCUT2D eigenvalue weighted by Gasteiger charge is 2.45. The van der Waals surface area contributed by atoms with Gasteiger partial charge in [0.1, 0.15) is 6.54 Å². The summed E-state index contributed by atoms with van der Waals surface area (Å²) in [5.74, 6) is -3.38. The zero-order chi connectivity index (χ0) is 23.2. The summed E-state index contributed by atoms with van der Waals surface area (Å²) in [6.07, 6.45) is -6.39. The Labute approximate surface area is 184 Å². The van der Waals surface area contributed by atoms with E-state index in [4.69, 9.17) is 0 Å². The van der Waals surface area contributed by atoms with Crippen LogP contribution in [0.3, 0.4) is 0 Å². The highest BCUT2D eigenvalue weighted by molar-refractivity contribution is 7.08. The molecule has 1 aromatic carbocycles. The van der Waals surface area contributed by atoms with Gasteiger partial charge in [-0.25, -0.2) is 4.98 Å². The van der Waals surface area contributed by atoms with Crippen molar-refractivity contribution in [1.82, 2.24) is 14.5 Å². The first-order valence-corrected chi connectivity index (χ1v) is 10.3. The van der Waals surface area contributed by atoms with Crippen molar-refractivity contribution in [3.8, 4) is 11.1 Å². The number of hydrogen-bond acceptors (Lipinski definition) is 6. The number of rotatable bonds is 4. The molecule has 0 saturated carbocycles. The molecule has 32 heavy (non-hydrogen) atoms. The third-order valence-electron chi connectivity index (χ3n) is 5.08. The largest absolute Gasteiger partial charge is 0.449 e. The van der Waals surface area contributed by atoms with Crippen molar-refractivity contribution in [3.05, 3.63) is 52.6 Å². The van der Waals surface area contributed by atoms with E-state index in [0.29, 0.717) is 10.3 Å². The fraction of sp³-hybridized carbons (Fsp3) is 0.250. The molecule has 2 N–H and O–H groups in total. The third-order valence-corrected chi connectivity index (χ3v) is 5.76. The van der Waals surface area contributed by atoms with Crippen LogP contribution in [0.2, 0.25) is 0 Å². The van der Waals surface area contributed by atoms with Crippen molar-refractivity contribution >= 4 is 34.7 Å². The summed E-state index contributed by atoms with van der Waals surface area (Å²) >= 11 is 1.55. The maximum absolute atomic E-state index is 13.6.